The van der Waals surface area contributed by atoms with Gasteiger partial charge >= 0.3 is 5.69 Å². The van der Waals surface area contributed by atoms with Gasteiger partial charge in [0, 0.05) is 42.9 Å². The summed E-state index contributed by atoms with van der Waals surface area (Å²) >= 11 is 0. The second kappa shape index (κ2) is 6.57. The number of hydrogen-bond donors (Lipinski definition) is 2. The second-order valence-electron chi connectivity index (χ2n) is 7.15. The Kier molecular flexibility index (Phi) is 4.22. The highest BCUT2D eigenvalue weighted by Gasteiger charge is 2.28. The minimum Gasteiger partial charge on any atom is -0.351 e. The van der Waals surface area contributed by atoms with E-state index in [4.69, 9.17) is 0 Å². The van der Waals surface area contributed by atoms with Crippen molar-refractivity contribution in [1.82, 2.24) is 19.4 Å². The number of fused-ring (bicyclic) bond motifs is 1. The number of aromatic nitrogens is 3. The van der Waals surface area contributed by atoms with Gasteiger partial charge in [-0.15, -0.1) is 0 Å². The molecule has 0 saturated heterocycles. The van der Waals surface area contributed by atoms with E-state index in [0.717, 1.165) is 28.5 Å². The van der Waals surface area contributed by atoms with E-state index in [9.17, 15) is 14.4 Å². The predicted molar refractivity (Wildman–Crippen MR) is 103 cm³/mol. The van der Waals surface area contributed by atoms with Crippen LogP contribution in [0.1, 0.15) is 40.4 Å². The van der Waals surface area contributed by atoms with Crippen LogP contribution in [0.2, 0.25) is 0 Å². The van der Waals surface area contributed by atoms with Crippen LogP contribution in [0.5, 0.6) is 0 Å². The van der Waals surface area contributed by atoms with Gasteiger partial charge in [0.2, 0.25) is 0 Å². The summed E-state index contributed by atoms with van der Waals surface area (Å²) in [5.41, 5.74) is 2.52. The van der Waals surface area contributed by atoms with Gasteiger partial charge in [0.15, 0.2) is 0 Å². The molecule has 1 saturated carbocycles. The average Bonchev–Trinajstić information content (AvgIpc) is 3.40. The Labute approximate surface area is 155 Å². The number of rotatable bonds is 5. The minimum atomic E-state index is -0.514. The maximum Gasteiger partial charge on any atom is 0.328 e. The fraction of sp³-hybridized carbons (Fsp3) is 0.350. The first-order chi connectivity index (χ1) is 13.0. The molecule has 1 amide bonds. The Morgan fingerprint density at radius 2 is 2.07 bits per heavy atom. The zero-order valence-corrected chi connectivity index (χ0v) is 15.4. The molecule has 0 unspecified atom stereocenters. The Morgan fingerprint density at radius 1 is 1.30 bits per heavy atom. The van der Waals surface area contributed by atoms with Crippen molar-refractivity contribution in [2.75, 3.05) is 6.54 Å². The van der Waals surface area contributed by atoms with Crippen molar-refractivity contribution in [3.63, 3.8) is 0 Å². The smallest absolute Gasteiger partial charge is 0.328 e. The Hall–Kier alpha value is -3.09. The summed E-state index contributed by atoms with van der Waals surface area (Å²) in [5.74, 6) is -0.456. The van der Waals surface area contributed by atoms with Gasteiger partial charge < -0.3 is 14.9 Å². The standard InChI is InChI=1S/C20H22N4O3/c1-12-4-3-5-16-17(12)13(11-23(16)2)8-9-21-18(25)15-10-22-20(27)24(19(15)26)14-6-7-14/h3-5,10-11,14H,6-9H2,1-2H3,(H,21,25)(H,22,27). The molecule has 0 radical (unpaired) electrons. The first kappa shape index (κ1) is 17.3. The molecule has 7 heteroatoms. The second-order valence-corrected chi connectivity index (χ2v) is 7.15. The molecule has 0 aliphatic heterocycles. The van der Waals surface area contributed by atoms with Crippen molar-refractivity contribution in [3.8, 4) is 0 Å². The third-order valence-electron chi connectivity index (χ3n) is 5.15. The molecule has 1 aromatic carbocycles. The van der Waals surface area contributed by atoms with Crippen LogP contribution < -0.4 is 16.6 Å². The zero-order valence-electron chi connectivity index (χ0n) is 15.4. The lowest BCUT2D eigenvalue weighted by molar-refractivity contribution is 0.0951. The van der Waals surface area contributed by atoms with E-state index in [1.807, 2.05) is 13.1 Å². The van der Waals surface area contributed by atoms with Gasteiger partial charge in [-0.2, -0.15) is 0 Å². The lowest BCUT2D eigenvalue weighted by atomic mass is 10.1. The number of nitrogens with zero attached hydrogens (tertiary/aromatic N) is 2. The van der Waals surface area contributed by atoms with Crippen LogP contribution in [0.25, 0.3) is 10.9 Å². The van der Waals surface area contributed by atoms with E-state index in [-0.39, 0.29) is 11.6 Å². The van der Waals surface area contributed by atoms with Crippen LogP contribution in [-0.2, 0) is 13.5 Å². The molecular weight excluding hydrogens is 344 g/mol. The largest absolute Gasteiger partial charge is 0.351 e. The molecule has 7 nitrogen and oxygen atoms in total. The van der Waals surface area contributed by atoms with Crippen LogP contribution in [0.4, 0.5) is 0 Å². The summed E-state index contributed by atoms with van der Waals surface area (Å²) in [7, 11) is 2.00. The van der Waals surface area contributed by atoms with E-state index in [2.05, 4.69) is 40.1 Å². The summed E-state index contributed by atoms with van der Waals surface area (Å²) in [4.78, 5) is 39.2. The third-order valence-corrected chi connectivity index (χ3v) is 5.15. The van der Waals surface area contributed by atoms with E-state index in [1.54, 1.807) is 0 Å². The van der Waals surface area contributed by atoms with Gasteiger partial charge in [0.1, 0.15) is 5.56 Å². The molecule has 0 bridgehead atoms. The number of aryl methyl sites for hydroxylation is 2. The summed E-state index contributed by atoms with van der Waals surface area (Å²) in [6, 6.07) is 6.10. The molecule has 0 atom stereocenters. The molecule has 2 heterocycles. The summed E-state index contributed by atoms with van der Waals surface area (Å²) < 4.78 is 3.23. The van der Waals surface area contributed by atoms with Gasteiger partial charge in [-0.25, -0.2) is 4.79 Å². The van der Waals surface area contributed by atoms with Gasteiger partial charge in [-0.3, -0.25) is 14.2 Å². The van der Waals surface area contributed by atoms with Gasteiger partial charge in [-0.05, 0) is 43.4 Å². The van der Waals surface area contributed by atoms with Crippen molar-refractivity contribution in [1.29, 1.82) is 0 Å². The molecule has 1 aliphatic rings. The number of carbonyl (C=O) groups excluding carboxylic acids is 1. The maximum atomic E-state index is 12.4. The number of hydrogen-bond acceptors (Lipinski definition) is 3. The SMILES string of the molecule is Cc1cccc2c1c(CCNC(=O)c1c[nH]c(=O)n(C3CC3)c1=O)cn2C. The van der Waals surface area contributed by atoms with E-state index >= 15 is 0 Å². The van der Waals surface area contributed by atoms with E-state index in [1.165, 1.54) is 17.1 Å². The van der Waals surface area contributed by atoms with Crippen LogP contribution in [0.15, 0.2) is 40.2 Å². The van der Waals surface area contributed by atoms with Crippen molar-refractivity contribution >= 4 is 16.8 Å². The molecule has 2 aromatic heterocycles. The van der Waals surface area contributed by atoms with Crippen LogP contribution in [-0.4, -0.2) is 26.6 Å². The number of amides is 1. The lowest BCUT2D eigenvalue weighted by Crippen LogP contribution is -2.40. The minimum absolute atomic E-state index is 0.0180. The number of H-pyrrole nitrogens is 1. The van der Waals surface area contributed by atoms with Crippen LogP contribution in [0.3, 0.4) is 0 Å². The number of nitrogens with one attached hydrogen (secondary N) is 2. The third kappa shape index (κ3) is 3.09. The van der Waals surface area contributed by atoms with E-state index < -0.39 is 17.2 Å². The zero-order chi connectivity index (χ0) is 19.1. The number of benzene rings is 1. The first-order valence-corrected chi connectivity index (χ1v) is 9.13. The molecule has 3 aromatic rings. The van der Waals surface area contributed by atoms with Crippen molar-refractivity contribution in [2.24, 2.45) is 7.05 Å². The molecule has 140 valence electrons. The van der Waals surface area contributed by atoms with Gasteiger partial charge in [0.05, 0.1) is 0 Å². The first-order valence-electron chi connectivity index (χ1n) is 9.13. The summed E-state index contributed by atoms with van der Waals surface area (Å²) in [6.07, 6.45) is 5.54. The van der Waals surface area contributed by atoms with Crippen LogP contribution in [0, 0.1) is 6.92 Å². The number of aromatic amines is 1. The number of carbonyl (C=O) groups is 1. The molecule has 0 spiro atoms. The lowest BCUT2D eigenvalue weighted by Gasteiger charge is -2.07. The summed E-state index contributed by atoms with van der Waals surface area (Å²) in [6.45, 7) is 2.49. The van der Waals surface area contributed by atoms with Gasteiger partial charge in [0.25, 0.3) is 11.5 Å². The van der Waals surface area contributed by atoms with Crippen molar-refractivity contribution in [2.45, 2.75) is 32.2 Å². The molecule has 27 heavy (non-hydrogen) atoms. The van der Waals surface area contributed by atoms with Crippen LogP contribution >= 0.6 is 0 Å². The highest BCUT2D eigenvalue weighted by atomic mass is 16.2. The monoisotopic (exact) mass is 366 g/mol. The Balaban J connectivity index is 1.51. The Morgan fingerprint density at radius 3 is 2.81 bits per heavy atom. The molecule has 1 fully saturated rings. The van der Waals surface area contributed by atoms with Crippen molar-refractivity contribution < 1.29 is 4.79 Å². The van der Waals surface area contributed by atoms with Gasteiger partial charge in [-0.1, -0.05) is 12.1 Å². The molecule has 4 rings (SSSR count). The normalized spacial score (nSPS) is 13.9. The Bertz CT molecular complexity index is 1150. The topological polar surface area (TPSA) is 88.9 Å². The maximum absolute atomic E-state index is 12.4. The van der Waals surface area contributed by atoms with E-state index in [0.29, 0.717) is 13.0 Å². The predicted octanol–water partition coefficient (Wildman–Crippen LogP) is 1.64. The average molecular weight is 366 g/mol. The molecule has 1 aliphatic carbocycles. The fourth-order valence-corrected chi connectivity index (χ4v) is 3.64. The fourth-order valence-electron chi connectivity index (χ4n) is 3.64. The highest BCUT2D eigenvalue weighted by molar-refractivity contribution is 5.93. The van der Waals surface area contributed by atoms with Crippen molar-refractivity contribution in [3.05, 3.63) is 68.1 Å². The summed E-state index contributed by atoms with van der Waals surface area (Å²) in [5, 5.41) is 4.01. The molecule has 2 N–H and O–H groups in total. The highest BCUT2D eigenvalue weighted by Crippen LogP contribution is 2.32. The quantitative estimate of drug-likeness (QED) is 0.719. The molecular formula is C20H22N4O3.